The average Bonchev–Trinajstić information content (AvgIpc) is 2.45. The molecule has 1 aliphatic carbocycles. The van der Waals surface area contributed by atoms with Gasteiger partial charge in [-0.1, -0.05) is 49.6 Å². The van der Waals surface area contributed by atoms with Crippen molar-refractivity contribution in [3.8, 4) is 0 Å². The third-order valence-electron chi connectivity index (χ3n) is 4.42. The number of hydrogen-bond acceptors (Lipinski definition) is 2. The van der Waals surface area contributed by atoms with E-state index in [4.69, 9.17) is 0 Å². The molecule has 112 valence electrons. The topological polar surface area (TPSA) is 29.1 Å². The molecule has 0 spiro atoms. The third-order valence-corrected chi connectivity index (χ3v) is 6.25. The van der Waals surface area contributed by atoms with E-state index in [-0.39, 0.29) is 6.04 Å². The van der Waals surface area contributed by atoms with Gasteiger partial charge in [0.1, 0.15) is 0 Å². The van der Waals surface area contributed by atoms with Gasteiger partial charge in [-0.3, -0.25) is 4.21 Å². The summed E-state index contributed by atoms with van der Waals surface area (Å²) in [5.74, 6) is 1.47. The van der Waals surface area contributed by atoms with Crippen molar-refractivity contribution in [3.05, 3.63) is 35.4 Å². The van der Waals surface area contributed by atoms with Crippen molar-refractivity contribution >= 4 is 10.8 Å². The molecule has 0 amide bonds. The van der Waals surface area contributed by atoms with Crippen LogP contribution in [-0.2, 0) is 10.8 Å². The molecule has 0 aromatic heterocycles. The number of benzene rings is 1. The molecule has 1 fully saturated rings. The van der Waals surface area contributed by atoms with E-state index in [1.807, 2.05) is 7.05 Å². The lowest BCUT2D eigenvalue weighted by Crippen LogP contribution is -2.30. The number of aryl methyl sites for hydroxylation is 1. The predicted octanol–water partition coefficient (Wildman–Crippen LogP) is 3.58. The summed E-state index contributed by atoms with van der Waals surface area (Å²) in [4.78, 5) is 0. The summed E-state index contributed by atoms with van der Waals surface area (Å²) in [5.41, 5.74) is 2.51. The molecule has 4 unspecified atom stereocenters. The molecule has 1 saturated carbocycles. The maximum atomic E-state index is 12.6. The number of hydrogen-bond donors (Lipinski definition) is 1. The van der Waals surface area contributed by atoms with Gasteiger partial charge in [-0.05, 0) is 38.3 Å². The van der Waals surface area contributed by atoms with E-state index in [2.05, 4.69) is 43.4 Å². The van der Waals surface area contributed by atoms with Gasteiger partial charge >= 0.3 is 0 Å². The minimum absolute atomic E-state index is 0.202. The molecular formula is C17H27NOS. The standard InChI is InChI=1S/C17H27NOS/c1-13-7-9-15(10-8-13)17(18-3)12-20(19)16-6-4-5-14(2)11-16/h7-10,14,16-18H,4-6,11-12H2,1-3H3. The summed E-state index contributed by atoms with van der Waals surface area (Å²) in [7, 11) is 1.24. The highest BCUT2D eigenvalue weighted by atomic mass is 32.2. The van der Waals surface area contributed by atoms with Gasteiger partial charge in [-0.2, -0.15) is 0 Å². The van der Waals surface area contributed by atoms with Crippen molar-refractivity contribution in [2.45, 2.75) is 50.8 Å². The van der Waals surface area contributed by atoms with Crippen LogP contribution < -0.4 is 5.32 Å². The summed E-state index contributed by atoms with van der Waals surface area (Å²) in [6.07, 6.45) is 4.83. The highest BCUT2D eigenvalue weighted by Gasteiger charge is 2.25. The number of nitrogens with one attached hydrogen (secondary N) is 1. The second-order valence-corrected chi connectivity index (χ2v) is 7.95. The van der Waals surface area contributed by atoms with E-state index in [1.54, 1.807) is 0 Å². The second-order valence-electron chi connectivity index (χ2n) is 6.19. The maximum Gasteiger partial charge on any atom is 0.0434 e. The van der Waals surface area contributed by atoms with Gasteiger partial charge in [-0.15, -0.1) is 0 Å². The molecule has 2 nitrogen and oxygen atoms in total. The Morgan fingerprint density at radius 1 is 1.30 bits per heavy atom. The van der Waals surface area contributed by atoms with Crippen LogP contribution in [0.1, 0.15) is 49.8 Å². The lowest BCUT2D eigenvalue weighted by atomic mass is 9.91. The minimum Gasteiger partial charge on any atom is -0.312 e. The average molecular weight is 293 g/mol. The minimum atomic E-state index is -0.725. The van der Waals surface area contributed by atoms with E-state index in [0.717, 1.165) is 24.5 Å². The third kappa shape index (κ3) is 4.16. The zero-order valence-electron chi connectivity index (χ0n) is 12.9. The molecule has 0 aliphatic heterocycles. The van der Waals surface area contributed by atoms with E-state index >= 15 is 0 Å². The Bertz CT molecular complexity index is 443. The summed E-state index contributed by atoms with van der Waals surface area (Å²) in [6.45, 7) is 4.39. The fourth-order valence-electron chi connectivity index (χ4n) is 3.06. The van der Waals surface area contributed by atoms with E-state index in [9.17, 15) is 4.21 Å². The van der Waals surface area contributed by atoms with Crippen LogP contribution in [0.3, 0.4) is 0 Å². The van der Waals surface area contributed by atoms with Gasteiger partial charge in [0, 0.05) is 27.8 Å². The summed E-state index contributed by atoms with van der Waals surface area (Å²) in [6, 6.07) is 8.76. The Balaban J connectivity index is 1.98. The second kappa shape index (κ2) is 7.37. The van der Waals surface area contributed by atoms with Crippen LogP contribution in [0.2, 0.25) is 0 Å². The first-order valence-corrected chi connectivity index (χ1v) is 9.09. The molecule has 0 bridgehead atoms. The van der Waals surface area contributed by atoms with Crippen molar-refractivity contribution in [1.82, 2.24) is 5.32 Å². The van der Waals surface area contributed by atoms with Crippen LogP contribution in [0.4, 0.5) is 0 Å². The molecule has 1 N–H and O–H groups in total. The smallest absolute Gasteiger partial charge is 0.0434 e. The Hall–Kier alpha value is -0.670. The predicted molar refractivity (Wildman–Crippen MR) is 87.4 cm³/mol. The van der Waals surface area contributed by atoms with Crippen LogP contribution in [0.25, 0.3) is 0 Å². The van der Waals surface area contributed by atoms with Crippen molar-refractivity contribution in [3.63, 3.8) is 0 Å². The SMILES string of the molecule is CNC(CS(=O)C1CCCC(C)C1)c1ccc(C)cc1. The fraction of sp³-hybridized carbons (Fsp3) is 0.647. The van der Waals surface area contributed by atoms with Gasteiger partial charge in [-0.25, -0.2) is 0 Å². The van der Waals surface area contributed by atoms with Crippen molar-refractivity contribution in [1.29, 1.82) is 0 Å². The largest absolute Gasteiger partial charge is 0.312 e. The van der Waals surface area contributed by atoms with Gasteiger partial charge in [0.05, 0.1) is 0 Å². The molecule has 0 heterocycles. The van der Waals surface area contributed by atoms with Gasteiger partial charge in [0.25, 0.3) is 0 Å². The zero-order valence-corrected chi connectivity index (χ0v) is 13.7. The van der Waals surface area contributed by atoms with Crippen molar-refractivity contribution < 1.29 is 4.21 Å². The van der Waals surface area contributed by atoms with E-state index in [0.29, 0.717) is 5.25 Å². The maximum absolute atomic E-state index is 12.6. The fourth-order valence-corrected chi connectivity index (χ4v) is 5.00. The quantitative estimate of drug-likeness (QED) is 0.899. The molecule has 2 rings (SSSR count). The molecule has 1 aromatic rings. The first-order valence-electron chi connectivity index (χ1n) is 7.71. The van der Waals surface area contributed by atoms with E-state index < -0.39 is 10.8 Å². The van der Waals surface area contributed by atoms with Gasteiger partial charge < -0.3 is 5.32 Å². The lowest BCUT2D eigenvalue weighted by Gasteiger charge is -2.27. The molecule has 3 heteroatoms. The molecule has 1 aromatic carbocycles. The molecule has 20 heavy (non-hydrogen) atoms. The molecule has 1 aliphatic rings. The lowest BCUT2D eigenvalue weighted by molar-refractivity contribution is 0.388. The van der Waals surface area contributed by atoms with Crippen molar-refractivity contribution in [2.75, 3.05) is 12.8 Å². The number of rotatable bonds is 5. The van der Waals surface area contributed by atoms with Gasteiger partial charge in [0.15, 0.2) is 0 Å². The zero-order chi connectivity index (χ0) is 14.5. The first kappa shape index (κ1) is 15.7. The van der Waals surface area contributed by atoms with Crippen LogP contribution in [0.5, 0.6) is 0 Å². The highest BCUT2D eigenvalue weighted by molar-refractivity contribution is 7.85. The Morgan fingerprint density at radius 2 is 2.00 bits per heavy atom. The Morgan fingerprint density at radius 3 is 2.60 bits per heavy atom. The van der Waals surface area contributed by atoms with Crippen LogP contribution in [-0.4, -0.2) is 22.3 Å². The molecule has 0 radical (unpaired) electrons. The Labute approximate surface area is 125 Å². The summed E-state index contributed by atoms with van der Waals surface area (Å²) < 4.78 is 12.6. The Kier molecular flexibility index (Phi) is 5.79. The highest BCUT2D eigenvalue weighted by Crippen LogP contribution is 2.28. The first-order chi connectivity index (χ1) is 9.60. The molecular weight excluding hydrogens is 266 g/mol. The summed E-state index contributed by atoms with van der Waals surface area (Å²) in [5, 5.41) is 3.73. The monoisotopic (exact) mass is 293 g/mol. The van der Waals surface area contributed by atoms with Crippen molar-refractivity contribution in [2.24, 2.45) is 5.92 Å². The van der Waals surface area contributed by atoms with Crippen LogP contribution in [0.15, 0.2) is 24.3 Å². The van der Waals surface area contributed by atoms with Gasteiger partial charge in [0.2, 0.25) is 0 Å². The van der Waals surface area contributed by atoms with Crippen LogP contribution in [0, 0.1) is 12.8 Å². The molecule has 4 atom stereocenters. The summed E-state index contributed by atoms with van der Waals surface area (Å²) >= 11 is 0. The van der Waals surface area contributed by atoms with E-state index in [1.165, 1.54) is 24.0 Å². The van der Waals surface area contributed by atoms with Crippen LogP contribution >= 0.6 is 0 Å². The normalized spacial score (nSPS) is 26.1. The molecule has 0 saturated heterocycles.